The van der Waals surface area contributed by atoms with Crippen molar-refractivity contribution in [3.05, 3.63) is 39.7 Å². The van der Waals surface area contributed by atoms with Gasteiger partial charge in [0.15, 0.2) is 5.82 Å². The van der Waals surface area contributed by atoms with Crippen molar-refractivity contribution in [1.82, 2.24) is 9.47 Å². The van der Waals surface area contributed by atoms with Crippen LogP contribution in [0.3, 0.4) is 0 Å². The van der Waals surface area contributed by atoms with Crippen LogP contribution in [-0.4, -0.2) is 52.8 Å². The number of aromatic carboxylic acids is 1. The molecule has 2 bridgehead atoms. The van der Waals surface area contributed by atoms with Gasteiger partial charge < -0.3 is 14.6 Å². The highest BCUT2D eigenvalue weighted by Crippen LogP contribution is 2.37. The Kier molecular flexibility index (Phi) is 4.18. The summed E-state index contributed by atoms with van der Waals surface area (Å²) < 4.78 is 31.8. The molecule has 8 heteroatoms. The van der Waals surface area contributed by atoms with Crippen LogP contribution in [0.15, 0.2) is 17.1 Å². The zero-order chi connectivity index (χ0) is 19.5. The first-order valence-electron chi connectivity index (χ1n) is 9.08. The lowest BCUT2D eigenvalue weighted by molar-refractivity contribution is 0.0695. The second kappa shape index (κ2) is 6.30. The summed E-state index contributed by atoms with van der Waals surface area (Å²) >= 11 is 0. The maximum atomic E-state index is 15.5. The minimum absolute atomic E-state index is 0.0153. The second-order valence-corrected chi connectivity index (χ2v) is 7.36. The average molecular weight is 377 g/mol. The number of halogens is 2. The van der Waals surface area contributed by atoms with Gasteiger partial charge >= 0.3 is 5.97 Å². The van der Waals surface area contributed by atoms with Crippen molar-refractivity contribution in [3.63, 3.8) is 0 Å². The number of rotatable bonds is 3. The third kappa shape index (κ3) is 2.62. The van der Waals surface area contributed by atoms with Gasteiger partial charge in [0.2, 0.25) is 5.43 Å². The molecule has 0 saturated carbocycles. The molecule has 2 atom stereocenters. The minimum Gasteiger partial charge on any atom is -0.477 e. The molecular formula is C19H21F2N3O3. The summed E-state index contributed by atoms with van der Waals surface area (Å²) in [6.07, 6.45) is 2.99. The Morgan fingerprint density at radius 3 is 2.52 bits per heavy atom. The maximum Gasteiger partial charge on any atom is 0.341 e. The van der Waals surface area contributed by atoms with Crippen molar-refractivity contribution < 1.29 is 18.7 Å². The Bertz CT molecular complexity index is 1000. The highest BCUT2D eigenvalue weighted by Gasteiger charge is 2.39. The molecule has 3 aliphatic heterocycles. The third-order valence-corrected chi connectivity index (χ3v) is 5.89. The van der Waals surface area contributed by atoms with E-state index in [9.17, 15) is 19.1 Å². The van der Waals surface area contributed by atoms with E-state index in [0.29, 0.717) is 6.54 Å². The molecule has 1 N–H and O–H groups in total. The monoisotopic (exact) mass is 377 g/mol. The number of carboxylic acids is 1. The number of carboxylic acid groups (broad SMARTS) is 1. The first-order valence-corrected chi connectivity index (χ1v) is 9.08. The van der Waals surface area contributed by atoms with Crippen molar-refractivity contribution in [2.45, 2.75) is 38.4 Å². The Labute approximate surface area is 154 Å². The van der Waals surface area contributed by atoms with Gasteiger partial charge in [-0.15, -0.1) is 0 Å². The van der Waals surface area contributed by atoms with Crippen LogP contribution in [0.1, 0.15) is 30.1 Å². The number of anilines is 1. The summed E-state index contributed by atoms with van der Waals surface area (Å²) in [5.41, 5.74) is -1.52. The number of benzene rings is 1. The van der Waals surface area contributed by atoms with Crippen molar-refractivity contribution in [3.8, 4) is 0 Å². The first-order chi connectivity index (χ1) is 12.8. The number of likely N-dealkylation sites (N-methyl/N-ethyl adjacent to an activating group) is 1. The zero-order valence-electron chi connectivity index (χ0n) is 15.2. The van der Waals surface area contributed by atoms with E-state index in [1.165, 1.54) is 4.57 Å². The molecule has 27 heavy (non-hydrogen) atoms. The summed E-state index contributed by atoms with van der Waals surface area (Å²) in [6, 6.07) is 1.24. The van der Waals surface area contributed by atoms with Gasteiger partial charge in [0, 0.05) is 37.9 Å². The Hall–Kier alpha value is -2.48. The summed E-state index contributed by atoms with van der Waals surface area (Å²) in [5, 5.41) is 8.98. The quantitative estimate of drug-likeness (QED) is 0.889. The number of fused-ring (bicyclic) bond motifs is 4. The lowest BCUT2D eigenvalue weighted by atomic mass is 9.90. The van der Waals surface area contributed by atoms with Gasteiger partial charge in [-0.05, 0) is 32.9 Å². The second-order valence-electron chi connectivity index (χ2n) is 7.36. The van der Waals surface area contributed by atoms with Gasteiger partial charge in [0.05, 0.1) is 10.9 Å². The molecule has 0 spiro atoms. The number of piperidine rings is 2. The summed E-state index contributed by atoms with van der Waals surface area (Å²) in [7, 11) is 2.02. The molecule has 0 radical (unpaired) electrons. The highest BCUT2D eigenvalue weighted by molar-refractivity contribution is 5.93. The molecule has 1 aromatic carbocycles. The molecule has 4 heterocycles. The van der Waals surface area contributed by atoms with E-state index >= 15 is 4.39 Å². The lowest BCUT2D eigenvalue weighted by Gasteiger charge is -2.51. The lowest BCUT2D eigenvalue weighted by Crippen LogP contribution is -2.61. The van der Waals surface area contributed by atoms with E-state index in [0.717, 1.165) is 31.6 Å². The maximum absolute atomic E-state index is 15.5. The predicted molar refractivity (Wildman–Crippen MR) is 97.5 cm³/mol. The first kappa shape index (κ1) is 17.9. The number of hydrogen-bond acceptors (Lipinski definition) is 4. The molecule has 144 valence electrons. The van der Waals surface area contributed by atoms with Crippen LogP contribution in [0.4, 0.5) is 14.5 Å². The molecule has 1 aromatic heterocycles. The minimum atomic E-state index is -1.41. The largest absolute Gasteiger partial charge is 0.477 e. The van der Waals surface area contributed by atoms with Gasteiger partial charge in [-0.1, -0.05) is 0 Å². The molecule has 5 rings (SSSR count). The SMILES string of the molecule is CCn1cc(C(=O)O)c(=O)c2cc(F)c(N3CC4CCC3CN4C)c(F)c21. The standard InChI is InChI=1S/C19H21F2N3O3/c1-3-23-9-13(19(26)27)18(25)12-6-14(20)17(15(21)16(12)23)24-8-10-4-5-11(24)7-22(10)2/h6,9-11H,3-5,7-8H2,1-2H3,(H,26,27). The van der Waals surface area contributed by atoms with E-state index in [1.807, 2.05) is 7.05 Å². The van der Waals surface area contributed by atoms with Gasteiger partial charge in [0.1, 0.15) is 17.1 Å². The van der Waals surface area contributed by atoms with Crippen LogP contribution in [0.25, 0.3) is 10.9 Å². The molecule has 6 nitrogen and oxygen atoms in total. The number of aromatic nitrogens is 1. The number of piperazine rings is 1. The van der Waals surface area contributed by atoms with Crippen molar-refractivity contribution in [2.24, 2.45) is 0 Å². The molecule has 0 aliphatic carbocycles. The number of pyridine rings is 1. The van der Waals surface area contributed by atoms with E-state index < -0.39 is 28.6 Å². The molecule has 2 unspecified atom stereocenters. The molecule has 2 aromatic rings. The average Bonchev–Trinajstić information content (AvgIpc) is 2.63. The van der Waals surface area contributed by atoms with E-state index in [1.54, 1.807) is 11.8 Å². The number of carbonyl (C=O) groups is 1. The van der Waals surface area contributed by atoms with Crippen LogP contribution in [-0.2, 0) is 6.54 Å². The molecular weight excluding hydrogens is 356 g/mol. The van der Waals surface area contributed by atoms with Crippen molar-refractivity contribution in [2.75, 3.05) is 25.0 Å². The fourth-order valence-electron chi connectivity index (χ4n) is 4.45. The highest BCUT2D eigenvalue weighted by atomic mass is 19.1. The molecule has 3 aliphatic rings. The topological polar surface area (TPSA) is 65.8 Å². The normalized spacial score (nSPS) is 22.6. The van der Waals surface area contributed by atoms with Gasteiger partial charge in [-0.3, -0.25) is 9.69 Å². The van der Waals surface area contributed by atoms with Gasteiger partial charge in [-0.25, -0.2) is 13.6 Å². The van der Waals surface area contributed by atoms with Gasteiger partial charge in [0.25, 0.3) is 0 Å². The van der Waals surface area contributed by atoms with Crippen molar-refractivity contribution in [1.29, 1.82) is 0 Å². The summed E-state index contributed by atoms with van der Waals surface area (Å²) in [4.78, 5) is 27.8. The van der Waals surface area contributed by atoms with E-state index in [4.69, 9.17) is 0 Å². The van der Waals surface area contributed by atoms with E-state index in [2.05, 4.69) is 4.90 Å². The van der Waals surface area contributed by atoms with Crippen LogP contribution in [0.5, 0.6) is 0 Å². The summed E-state index contributed by atoms with van der Waals surface area (Å²) in [6.45, 7) is 3.24. The molecule has 0 amide bonds. The Morgan fingerprint density at radius 2 is 1.96 bits per heavy atom. The third-order valence-electron chi connectivity index (χ3n) is 5.89. The summed E-state index contributed by atoms with van der Waals surface area (Å²) in [5.74, 6) is -3.03. The number of hydrogen-bond donors (Lipinski definition) is 1. The number of aryl methyl sites for hydroxylation is 1. The molecule has 3 fully saturated rings. The smallest absolute Gasteiger partial charge is 0.341 e. The fraction of sp³-hybridized carbons (Fsp3) is 0.474. The van der Waals surface area contributed by atoms with Gasteiger partial charge in [-0.2, -0.15) is 0 Å². The predicted octanol–water partition coefficient (Wildman–Crippen LogP) is 2.28. The fourth-order valence-corrected chi connectivity index (χ4v) is 4.45. The van der Waals surface area contributed by atoms with E-state index in [-0.39, 0.29) is 35.2 Å². The van der Waals surface area contributed by atoms with Crippen LogP contribution < -0.4 is 10.3 Å². The molecule has 3 saturated heterocycles. The zero-order valence-corrected chi connectivity index (χ0v) is 15.2. The van der Waals surface area contributed by atoms with Crippen LogP contribution in [0, 0.1) is 11.6 Å². The Morgan fingerprint density at radius 1 is 1.26 bits per heavy atom. The van der Waals surface area contributed by atoms with Crippen LogP contribution >= 0.6 is 0 Å². The van der Waals surface area contributed by atoms with Crippen molar-refractivity contribution >= 4 is 22.6 Å². The van der Waals surface area contributed by atoms with Crippen LogP contribution in [0.2, 0.25) is 0 Å². The Balaban J connectivity index is 1.95. The number of nitrogens with zero attached hydrogens (tertiary/aromatic N) is 3.